The fourth-order valence-corrected chi connectivity index (χ4v) is 2.92. The number of nitrogens with zero attached hydrogens (tertiary/aromatic N) is 4. The lowest BCUT2D eigenvalue weighted by atomic mass is 9.95. The zero-order chi connectivity index (χ0) is 18.3. The highest BCUT2D eigenvalue weighted by atomic mass is 19.4. The van der Waals surface area contributed by atoms with Gasteiger partial charge in [0.25, 0.3) is 0 Å². The number of carbonyl (C=O) groups is 1. The molecule has 3 aromatic heterocycles. The number of halogens is 3. The molecule has 1 aliphatic rings. The summed E-state index contributed by atoms with van der Waals surface area (Å²) in [6, 6.07) is 4.44. The number of carbonyl (C=O) groups excluding carboxylic acids is 1. The zero-order valence-electron chi connectivity index (χ0n) is 13.2. The van der Waals surface area contributed by atoms with Crippen molar-refractivity contribution in [2.24, 2.45) is 0 Å². The first-order chi connectivity index (χ1) is 12.4. The third-order valence-electron chi connectivity index (χ3n) is 4.12. The van der Waals surface area contributed by atoms with E-state index in [9.17, 15) is 18.0 Å². The van der Waals surface area contributed by atoms with Gasteiger partial charge in [-0.3, -0.25) is 20.1 Å². The Hall–Kier alpha value is -3.07. The Morgan fingerprint density at radius 3 is 2.73 bits per heavy atom. The minimum absolute atomic E-state index is 0.160. The second-order valence-corrected chi connectivity index (χ2v) is 5.76. The van der Waals surface area contributed by atoms with Crippen molar-refractivity contribution >= 4 is 5.78 Å². The highest BCUT2D eigenvalue weighted by Gasteiger charge is 2.40. The van der Waals surface area contributed by atoms with E-state index in [4.69, 9.17) is 0 Å². The van der Waals surface area contributed by atoms with Gasteiger partial charge in [0.2, 0.25) is 0 Å². The molecule has 0 saturated carbocycles. The molecule has 0 fully saturated rings. The van der Waals surface area contributed by atoms with E-state index in [1.807, 2.05) is 0 Å². The maximum Gasteiger partial charge on any atom is 0.418 e. The van der Waals surface area contributed by atoms with E-state index in [1.54, 1.807) is 24.5 Å². The quantitative estimate of drug-likeness (QED) is 0.762. The molecule has 0 saturated heterocycles. The Balaban J connectivity index is 1.73. The molecule has 0 aromatic carbocycles. The van der Waals surface area contributed by atoms with Crippen molar-refractivity contribution < 1.29 is 18.0 Å². The van der Waals surface area contributed by atoms with Gasteiger partial charge in [0.15, 0.2) is 5.78 Å². The first kappa shape index (κ1) is 16.4. The number of alkyl halides is 3. The number of fused-ring (bicyclic) bond motifs is 1. The molecular weight excluding hydrogens is 347 g/mol. The third kappa shape index (κ3) is 2.76. The van der Waals surface area contributed by atoms with E-state index >= 15 is 0 Å². The lowest BCUT2D eigenvalue weighted by molar-refractivity contribution is -0.138. The standard InChI is InChI=1S/C17H12F3N5O/c18-17(19,20)12-4-2-6-22-14(12)15-16(26)11-9-25(24-13(11)8-23-15)10-3-1-5-21-7-10/h1-7,9,15,23H,8H2. The number of hydrogen-bond donors (Lipinski definition) is 1. The Kier molecular flexibility index (Phi) is 3.80. The molecule has 132 valence electrons. The smallest absolute Gasteiger partial charge is 0.296 e. The summed E-state index contributed by atoms with van der Waals surface area (Å²) in [7, 11) is 0. The number of rotatable bonds is 2. The van der Waals surface area contributed by atoms with Gasteiger partial charge in [-0.25, -0.2) is 4.68 Å². The summed E-state index contributed by atoms with van der Waals surface area (Å²) in [6.07, 6.45) is 1.35. The summed E-state index contributed by atoms with van der Waals surface area (Å²) in [5.41, 5.74) is 0.148. The van der Waals surface area contributed by atoms with Gasteiger partial charge < -0.3 is 0 Å². The fourth-order valence-electron chi connectivity index (χ4n) is 2.92. The normalized spacial score (nSPS) is 17.2. The van der Waals surface area contributed by atoms with Gasteiger partial charge >= 0.3 is 6.18 Å². The summed E-state index contributed by atoms with van der Waals surface area (Å²) in [4.78, 5) is 20.6. The first-order valence-corrected chi connectivity index (χ1v) is 7.74. The zero-order valence-corrected chi connectivity index (χ0v) is 13.2. The van der Waals surface area contributed by atoms with Gasteiger partial charge in [-0.05, 0) is 24.3 Å². The van der Waals surface area contributed by atoms with Gasteiger partial charge in [0.05, 0.1) is 34.4 Å². The summed E-state index contributed by atoms with van der Waals surface area (Å²) in [6.45, 7) is 0.160. The van der Waals surface area contributed by atoms with Gasteiger partial charge in [0, 0.05) is 25.1 Å². The maximum absolute atomic E-state index is 13.2. The van der Waals surface area contributed by atoms with Crippen molar-refractivity contribution in [1.82, 2.24) is 25.1 Å². The number of nitrogens with one attached hydrogen (secondary N) is 1. The van der Waals surface area contributed by atoms with Gasteiger partial charge in [-0.1, -0.05) is 0 Å². The minimum atomic E-state index is -4.59. The summed E-state index contributed by atoms with van der Waals surface area (Å²) >= 11 is 0. The predicted octanol–water partition coefficient (Wildman–Crippen LogP) is 2.71. The molecule has 1 atom stereocenters. The van der Waals surface area contributed by atoms with Crippen molar-refractivity contribution in [2.75, 3.05) is 0 Å². The van der Waals surface area contributed by atoms with Crippen LogP contribution in [0.3, 0.4) is 0 Å². The van der Waals surface area contributed by atoms with Crippen molar-refractivity contribution in [3.8, 4) is 5.69 Å². The Labute approximate surface area is 145 Å². The van der Waals surface area contributed by atoms with Crippen LogP contribution in [-0.4, -0.2) is 25.5 Å². The molecule has 1 aliphatic heterocycles. The average Bonchev–Trinajstić information content (AvgIpc) is 3.07. The summed E-state index contributed by atoms with van der Waals surface area (Å²) < 4.78 is 41.2. The Morgan fingerprint density at radius 1 is 1.19 bits per heavy atom. The van der Waals surface area contributed by atoms with Crippen molar-refractivity contribution in [2.45, 2.75) is 18.8 Å². The van der Waals surface area contributed by atoms with E-state index in [0.717, 1.165) is 6.07 Å². The Bertz CT molecular complexity index is 968. The molecule has 4 heterocycles. The molecule has 26 heavy (non-hydrogen) atoms. The van der Waals surface area contributed by atoms with E-state index < -0.39 is 23.6 Å². The number of ketones is 1. The number of aromatic nitrogens is 4. The van der Waals surface area contributed by atoms with Crippen LogP contribution >= 0.6 is 0 Å². The van der Waals surface area contributed by atoms with Crippen LogP contribution in [0.5, 0.6) is 0 Å². The SMILES string of the molecule is O=C1c2cn(-c3cccnc3)nc2CNC1c1ncccc1C(F)(F)F. The van der Waals surface area contributed by atoms with Crippen LogP contribution in [0.1, 0.15) is 33.4 Å². The molecule has 0 radical (unpaired) electrons. The second kappa shape index (κ2) is 6.03. The molecule has 4 rings (SSSR count). The molecule has 0 amide bonds. The average molecular weight is 359 g/mol. The van der Waals surface area contributed by atoms with Crippen LogP contribution in [0.15, 0.2) is 49.1 Å². The predicted molar refractivity (Wildman–Crippen MR) is 84.5 cm³/mol. The van der Waals surface area contributed by atoms with Crippen LogP contribution in [0.25, 0.3) is 5.69 Å². The van der Waals surface area contributed by atoms with E-state index in [-0.39, 0.29) is 17.8 Å². The molecule has 1 N–H and O–H groups in total. The molecule has 6 nitrogen and oxygen atoms in total. The highest BCUT2D eigenvalue weighted by Crippen LogP contribution is 2.35. The van der Waals surface area contributed by atoms with Crippen LogP contribution in [0.4, 0.5) is 13.2 Å². The molecule has 3 aromatic rings. The largest absolute Gasteiger partial charge is 0.418 e. The number of pyridine rings is 2. The summed E-state index contributed by atoms with van der Waals surface area (Å²) in [5.74, 6) is -0.495. The third-order valence-corrected chi connectivity index (χ3v) is 4.12. The molecule has 9 heteroatoms. The number of Topliss-reactive ketones (excluding diaryl/α,β-unsaturated/α-hetero) is 1. The molecular formula is C17H12F3N5O. The van der Waals surface area contributed by atoms with Gasteiger partial charge in [-0.15, -0.1) is 0 Å². The topological polar surface area (TPSA) is 72.7 Å². The minimum Gasteiger partial charge on any atom is -0.296 e. The van der Waals surface area contributed by atoms with Crippen molar-refractivity contribution in [3.05, 3.63) is 71.6 Å². The van der Waals surface area contributed by atoms with Crippen LogP contribution in [0, 0.1) is 0 Å². The first-order valence-electron chi connectivity index (χ1n) is 7.74. The van der Waals surface area contributed by atoms with E-state index in [2.05, 4.69) is 20.4 Å². The van der Waals surface area contributed by atoms with Gasteiger partial charge in [0.1, 0.15) is 6.04 Å². The fraction of sp³-hybridized carbons (Fsp3) is 0.176. The van der Waals surface area contributed by atoms with Gasteiger partial charge in [-0.2, -0.15) is 18.3 Å². The molecule has 1 unspecified atom stereocenters. The lowest BCUT2D eigenvalue weighted by Gasteiger charge is -2.23. The maximum atomic E-state index is 13.2. The van der Waals surface area contributed by atoms with E-state index in [1.165, 1.54) is 23.1 Å². The lowest BCUT2D eigenvalue weighted by Crippen LogP contribution is -2.35. The van der Waals surface area contributed by atoms with Crippen molar-refractivity contribution in [1.29, 1.82) is 0 Å². The monoisotopic (exact) mass is 359 g/mol. The molecule has 0 aliphatic carbocycles. The van der Waals surface area contributed by atoms with Crippen LogP contribution in [0.2, 0.25) is 0 Å². The number of hydrogen-bond acceptors (Lipinski definition) is 5. The van der Waals surface area contributed by atoms with Crippen molar-refractivity contribution in [3.63, 3.8) is 0 Å². The van der Waals surface area contributed by atoms with E-state index in [0.29, 0.717) is 11.4 Å². The van der Waals surface area contributed by atoms with Crippen LogP contribution in [-0.2, 0) is 12.7 Å². The Morgan fingerprint density at radius 2 is 2.00 bits per heavy atom. The molecule has 0 spiro atoms. The second-order valence-electron chi connectivity index (χ2n) is 5.76. The molecule has 0 bridgehead atoms. The summed E-state index contributed by atoms with van der Waals surface area (Å²) in [5, 5.41) is 7.14. The highest BCUT2D eigenvalue weighted by molar-refractivity contribution is 6.02. The van der Waals surface area contributed by atoms with Crippen LogP contribution < -0.4 is 5.32 Å².